The Morgan fingerprint density at radius 3 is 1.94 bits per heavy atom. The number of amides is 2. The minimum atomic E-state index is -4.40. The normalized spacial score (nSPS) is 16.7. The van der Waals surface area contributed by atoms with Crippen molar-refractivity contribution in [2.75, 3.05) is 18.0 Å². The van der Waals surface area contributed by atoms with Crippen LogP contribution in [0, 0.1) is 0 Å². The van der Waals surface area contributed by atoms with E-state index in [9.17, 15) is 22.8 Å². The van der Waals surface area contributed by atoms with E-state index in [0.717, 1.165) is 12.1 Å². The second-order valence-electron chi connectivity index (χ2n) is 3.87. The molecule has 0 radical (unpaired) electrons. The lowest BCUT2D eigenvalue weighted by Crippen LogP contribution is -2.51. The van der Waals surface area contributed by atoms with Crippen molar-refractivity contribution < 1.29 is 22.8 Å². The third kappa shape index (κ3) is 2.61. The maximum Gasteiger partial charge on any atom is 0.416 e. The molecule has 0 aliphatic carbocycles. The summed E-state index contributed by atoms with van der Waals surface area (Å²) in [7, 11) is 0. The van der Waals surface area contributed by atoms with Crippen LogP contribution in [-0.4, -0.2) is 24.9 Å². The number of nitrogens with one attached hydrogen (secondary N) is 1. The molecule has 96 valence electrons. The summed E-state index contributed by atoms with van der Waals surface area (Å²) in [6, 6.07) is 4.34. The Balaban J connectivity index is 2.19. The zero-order chi connectivity index (χ0) is 13.3. The van der Waals surface area contributed by atoms with Crippen LogP contribution in [0.4, 0.5) is 18.9 Å². The standard InChI is InChI=1S/C11H9F3N2O2/c12-11(13,14)7-1-3-8(4-2-7)16-5-9(17)15-10(18)6-16/h1-4H,5-6H2,(H,15,17,18). The number of carbonyl (C=O) groups is 2. The summed E-state index contributed by atoms with van der Waals surface area (Å²) in [6.07, 6.45) is -4.40. The summed E-state index contributed by atoms with van der Waals surface area (Å²) in [4.78, 5) is 23.7. The Labute approximate surface area is 100 Å². The number of rotatable bonds is 1. The van der Waals surface area contributed by atoms with E-state index < -0.39 is 23.6 Å². The van der Waals surface area contributed by atoms with Crippen molar-refractivity contribution in [2.45, 2.75) is 6.18 Å². The molecule has 0 aromatic heterocycles. The first-order valence-corrected chi connectivity index (χ1v) is 5.11. The van der Waals surface area contributed by atoms with E-state index in [-0.39, 0.29) is 13.1 Å². The van der Waals surface area contributed by atoms with Crippen LogP contribution in [0.5, 0.6) is 0 Å². The van der Waals surface area contributed by atoms with Crippen LogP contribution in [0.3, 0.4) is 0 Å². The van der Waals surface area contributed by atoms with Gasteiger partial charge in [-0.25, -0.2) is 0 Å². The van der Waals surface area contributed by atoms with Crippen molar-refractivity contribution >= 4 is 17.5 Å². The van der Waals surface area contributed by atoms with Crippen LogP contribution < -0.4 is 10.2 Å². The van der Waals surface area contributed by atoms with E-state index in [1.807, 2.05) is 0 Å². The van der Waals surface area contributed by atoms with Crippen molar-refractivity contribution in [2.24, 2.45) is 0 Å². The molecule has 1 heterocycles. The molecule has 2 rings (SSSR count). The van der Waals surface area contributed by atoms with E-state index in [0.29, 0.717) is 5.69 Å². The van der Waals surface area contributed by atoms with Crippen molar-refractivity contribution in [3.63, 3.8) is 0 Å². The van der Waals surface area contributed by atoms with E-state index in [1.165, 1.54) is 17.0 Å². The highest BCUT2D eigenvalue weighted by Gasteiger charge is 2.30. The minimum Gasteiger partial charge on any atom is -0.353 e. The molecule has 7 heteroatoms. The first-order valence-electron chi connectivity index (χ1n) is 5.11. The van der Waals surface area contributed by atoms with Gasteiger partial charge in [-0.05, 0) is 24.3 Å². The van der Waals surface area contributed by atoms with Crippen LogP contribution >= 0.6 is 0 Å². The largest absolute Gasteiger partial charge is 0.416 e. The molecule has 1 N–H and O–H groups in total. The fourth-order valence-corrected chi connectivity index (χ4v) is 1.68. The quantitative estimate of drug-likeness (QED) is 0.769. The lowest BCUT2D eigenvalue weighted by atomic mass is 10.1. The highest BCUT2D eigenvalue weighted by Crippen LogP contribution is 2.30. The number of benzene rings is 1. The molecule has 1 aliphatic heterocycles. The molecule has 18 heavy (non-hydrogen) atoms. The van der Waals surface area contributed by atoms with Gasteiger partial charge in [0, 0.05) is 5.69 Å². The Bertz CT molecular complexity index is 466. The van der Waals surface area contributed by atoms with Gasteiger partial charge in [0.2, 0.25) is 11.8 Å². The zero-order valence-electron chi connectivity index (χ0n) is 9.12. The van der Waals surface area contributed by atoms with Gasteiger partial charge < -0.3 is 4.90 Å². The van der Waals surface area contributed by atoms with Gasteiger partial charge in [0.1, 0.15) is 0 Å². The van der Waals surface area contributed by atoms with E-state index in [2.05, 4.69) is 5.32 Å². The summed E-state index contributed by atoms with van der Waals surface area (Å²) < 4.78 is 37.1. The maximum atomic E-state index is 12.4. The van der Waals surface area contributed by atoms with Crippen LogP contribution in [0.2, 0.25) is 0 Å². The summed E-state index contributed by atoms with van der Waals surface area (Å²) in [5.41, 5.74) is -0.356. The van der Waals surface area contributed by atoms with E-state index in [1.54, 1.807) is 0 Å². The number of halogens is 3. The van der Waals surface area contributed by atoms with Crippen molar-refractivity contribution in [1.29, 1.82) is 0 Å². The monoisotopic (exact) mass is 258 g/mol. The first-order chi connectivity index (χ1) is 8.36. The minimum absolute atomic E-state index is 0.0445. The highest BCUT2D eigenvalue weighted by molar-refractivity contribution is 6.02. The van der Waals surface area contributed by atoms with Crippen LogP contribution in [0.1, 0.15) is 5.56 Å². The predicted octanol–water partition coefficient (Wildman–Crippen LogP) is 1.17. The molecule has 2 amide bonds. The fourth-order valence-electron chi connectivity index (χ4n) is 1.68. The van der Waals surface area contributed by atoms with Crippen LogP contribution in [0.15, 0.2) is 24.3 Å². The Morgan fingerprint density at radius 1 is 1.00 bits per heavy atom. The van der Waals surface area contributed by atoms with Crippen molar-refractivity contribution in [1.82, 2.24) is 5.32 Å². The Morgan fingerprint density at radius 2 is 1.50 bits per heavy atom. The summed E-state index contributed by atoms with van der Waals surface area (Å²) in [5, 5.41) is 2.12. The number of piperazine rings is 1. The topological polar surface area (TPSA) is 49.4 Å². The molecule has 0 saturated carbocycles. The Kier molecular flexibility index (Phi) is 2.98. The van der Waals surface area contributed by atoms with E-state index >= 15 is 0 Å². The van der Waals surface area contributed by atoms with Gasteiger partial charge in [-0.2, -0.15) is 13.2 Å². The fraction of sp³-hybridized carbons (Fsp3) is 0.273. The predicted molar refractivity (Wildman–Crippen MR) is 56.8 cm³/mol. The van der Waals surface area contributed by atoms with Crippen LogP contribution in [-0.2, 0) is 15.8 Å². The van der Waals surface area contributed by atoms with Gasteiger partial charge >= 0.3 is 6.18 Å². The number of imide groups is 1. The molecular formula is C11H9F3N2O2. The van der Waals surface area contributed by atoms with Gasteiger partial charge in [-0.1, -0.05) is 0 Å². The zero-order valence-corrected chi connectivity index (χ0v) is 9.12. The molecule has 0 bridgehead atoms. The van der Waals surface area contributed by atoms with Gasteiger partial charge in [-0.15, -0.1) is 0 Å². The lowest BCUT2D eigenvalue weighted by Gasteiger charge is -2.27. The molecule has 1 aliphatic rings. The number of hydrogen-bond acceptors (Lipinski definition) is 3. The SMILES string of the molecule is O=C1CN(c2ccc(C(F)(F)F)cc2)CC(=O)N1. The average molecular weight is 258 g/mol. The molecule has 4 nitrogen and oxygen atoms in total. The third-order valence-electron chi connectivity index (χ3n) is 2.51. The molecule has 1 aromatic rings. The molecule has 0 spiro atoms. The second-order valence-corrected chi connectivity index (χ2v) is 3.87. The lowest BCUT2D eigenvalue weighted by molar-refractivity contribution is -0.137. The third-order valence-corrected chi connectivity index (χ3v) is 2.51. The number of hydrogen-bond donors (Lipinski definition) is 1. The number of alkyl halides is 3. The summed E-state index contributed by atoms with van der Waals surface area (Å²) >= 11 is 0. The number of carbonyl (C=O) groups excluding carboxylic acids is 2. The van der Waals surface area contributed by atoms with Gasteiger partial charge in [-0.3, -0.25) is 14.9 Å². The van der Waals surface area contributed by atoms with E-state index in [4.69, 9.17) is 0 Å². The molecule has 1 aromatic carbocycles. The number of nitrogens with zero attached hydrogens (tertiary/aromatic N) is 1. The number of anilines is 1. The first kappa shape index (κ1) is 12.4. The van der Waals surface area contributed by atoms with Crippen molar-refractivity contribution in [3.8, 4) is 0 Å². The van der Waals surface area contributed by atoms with Gasteiger partial charge in [0.05, 0.1) is 18.7 Å². The smallest absolute Gasteiger partial charge is 0.353 e. The molecular weight excluding hydrogens is 249 g/mol. The van der Waals surface area contributed by atoms with Crippen LogP contribution in [0.25, 0.3) is 0 Å². The highest BCUT2D eigenvalue weighted by atomic mass is 19.4. The molecule has 0 atom stereocenters. The molecule has 1 saturated heterocycles. The molecule has 1 fully saturated rings. The second kappa shape index (κ2) is 4.32. The van der Waals surface area contributed by atoms with Gasteiger partial charge in [0.25, 0.3) is 0 Å². The van der Waals surface area contributed by atoms with Crippen molar-refractivity contribution in [3.05, 3.63) is 29.8 Å². The summed E-state index contributed by atoms with van der Waals surface area (Å²) in [6.45, 7) is -0.0891. The average Bonchev–Trinajstić information content (AvgIpc) is 2.27. The molecule has 0 unspecified atom stereocenters. The summed E-state index contributed by atoms with van der Waals surface area (Å²) in [5.74, 6) is -0.933. The Hall–Kier alpha value is -2.05. The van der Waals surface area contributed by atoms with Gasteiger partial charge in [0.15, 0.2) is 0 Å². The maximum absolute atomic E-state index is 12.4.